The SMILES string of the molecule is COc1cc(COCC=C(C)CCC=C(C)C)cnc1C(=O)O. The molecule has 0 unspecified atom stereocenters. The van der Waals surface area contributed by atoms with Gasteiger partial charge in [-0.1, -0.05) is 23.3 Å². The monoisotopic (exact) mass is 319 g/mol. The Hall–Kier alpha value is -2.14. The molecule has 0 atom stereocenters. The van der Waals surface area contributed by atoms with E-state index in [-0.39, 0.29) is 11.4 Å². The lowest BCUT2D eigenvalue weighted by Gasteiger charge is -2.07. The van der Waals surface area contributed by atoms with Gasteiger partial charge in [0.2, 0.25) is 0 Å². The molecule has 0 spiro atoms. The van der Waals surface area contributed by atoms with Gasteiger partial charge in [-0.05, 0) is 45.2 Å². The molecule has 0 radical (unpaired) electrons. The summed E-state index contributed by atoms with van der Waals surface area (Å²) in [5.41, 5.74) is 3.31. The number of ether oxygens (including phenoxy) is 2. The minimum Gasteiger partial charge on any atom is -0.494 e. The molecule has 0 aliphatic rings. The molecule has 0 fully saturated rings. The minimum atomic E-state index is -1.11. The number of nitrogens with zero attached hydrogens (tertiary/aromatic N) is 1. The first-order valence-electron chi connectivity index (χ1n) is 7.57. The van der Waals surface area contributed by atoms with E-state index in [1.165, 1.54) is 24.5 Å². The van der Waals surface area contributed by atoms with Gasteiger partial charge in [0, 0.05) is 6.20 Å². The van der Waals surface area contributed by atoms with Crippen molar-refractivity contribution in [1.82, 2.24) is 4.98 Å². The topological polar surface area (TPSA) is 68.7 Å². The standard InChI is InChI=1S/C18H25NO4/c1-13(2)6-5-7-14(3)8-9-23-12-15-10-16(22-4)17(18(20)21)19-11-15/h6,8,10-11H,5,7,9,12H2,1-4H3,(H,20,21). The van der Waals surface area contributed by atoms with Crippen molar-refractivity contribution in [3.8, 4) is 5.75 Å². The van der Waals surface area contributed by atoms with E-state index >= 15 is 0 Å². The van der Waals surface area contributed by atoms with Crippen LogP contribution in [0.15, 0.2) is 35.6 Å². The molecular weight excluding hydrogens is 294 g/mol. The maximum atomic E-state index is 11.0. The largest absolute Gasteiger partial charge is 0.494 e. The van der Waals surface area contributed by atoms with Crippen LogP contribution in [0.2, 0.25) is 0 Å². The summed E-state index contributed by atoms with van der Waals surface area (Å²) in [7, 11) is 1.42. The van der Waals surface area contributed by atoms with Crippen LogP contribution < -0.4 is 4.74 Å². The molecule has 0 aliphatic heterocycles. The third kappa shape index (κ3) is 7.10. The van der Waals surface area contributed by atoms with Gasteiger partial charge in [0.25, 0.3) is 0 Å². The summed E-state index contributed by atoms with van der Waals surface area (Å²) in [6, 6.07) is 1.64. The Bertz CT molecular complexity index is 587. The van der Waals surface area contributed by atoms with E-state index in [9.17, 15) is 4.79 Å². The van der Waals surface area contributed by atoms with Crippen LogP contribution in [0.25, 0.3) is 0 Å². The number of methoxy groups -OCH3 is 1. The molecule has 1 rings (SSSR count). The fourth-order valence-corrected chi connectivity index (χ4v) is 1.95. The summed E-state index contributed by atoms with van der Waals surface area (Å²) in [5, 5.41) is 8.98. The molecule has 0 saturated heterocycles. The van der Waals surface area contributed by atoms with Gasteiger partial charge in [-0.3, -0.25) is 0 Å². The first-order valence-corrected chi connectivity index (χ1v) is 7.57. The molecule has 0 aliphatic carbocycles. The first-order chi connectivity index (χ1) is 10.9. The molecule has 0 amide bonds. The number of carboxylic acids is 1. The van der Waals surface area contributed by atoms with E-state index in [0.29, 0.717) is 13.2 Å². The van der Waals surface area contributed by atoms with Gasteiger partial charge < -0.3 is 14.6 Å². The summed E-state index contributed by atoms with van der Waals surface area (Å²) < 4.78 is 10.6. The van der Waals surface area contributed by atoms with Crippen molar-refractivity contribution in [2.24, 2.45) is 0 Å². The number of aromatic nitrogens is 1. The Labute approximate surface area is 137 Å². The highest BCUT2D eigenvalue weighted by Gasteiger charge is 2.13. The van der Waals surface area contributed by atoms with Crippen LogP contribution in [0.3, 0.4) is 0 Å². The highest BCUT2D eigenvalue weighted by molar-refractivity contribution is 5.88. The van der Waals surface area contributed by atoms with E-state index in [2.05, 4.69) is 37.9 Å². The second kappa shape index (κ2) is 9.79. The number of carboxylic acid groups (broad SMARTS) is 1. The zero-order chi connectivity index (χ0) is 17.2. The lowest BCUT2D eigenvalue weighted by atomic mass is 10.1. The van der Waals surface area contributed by atoms with Gasteiger partial charge >= 0.3 is 5.97 Å². The number of hydrogen-bond acceptors (Lipinski definition) is 4. The van der Waals surface area contributed by atoms with E-state index in [0.717, 1.165) is 18.4 Å². The predicted octanol–water partition coefficient (Wildman–Crippen LogP) is 4.00. The van der Waals surface area contributed by atoms with Crippen LogP contribution in [-0.2, 0) is 11.3 Å². The molecule has 1 aromatic heterocycles. The molecule has 5 heteroatoms. The number of pyridine rings is 1. The average molecular weight is 319 g/mol. The fourth-order valence-electron chi connectivity index (χ4n) is 1.95. The molecular formula is C18H25NO4. The molecule has 0 saturated carbocycles. The zero-order valence-corrected chi connectivity index (χ0v) is 14.3. The number of rotatable bonds is 9. The summed E-state index contributed by atoms with van der Waals surface area (Å²) in [6.45, 7) is 7.17. The van der Waals surface area contributed by atoms with Crippen LogP contribution in [0.4, 0.5) is 0 Å². The summed E-state index contributed by atoms with van der Waals surface area (Å²) in [4.78, 5) is 14.9. The summed E-state index contributed by atoms with van der Waals surface area (Å²) in [5.74, 6) is -0.865. The van der Waals surface area contributed by atoms with Crippen LogP contribution in [0.5, 0.6) is 5.75 Å². The van der Waals surface area contributed by atoms with Crippen LogP contribution in [-0.4, -0.2) is 29.8 Å². The number of allylic oxidation sites excluding steroid dienone is 3. The molecule has 0 aromatic carbocycles. The second-order valence-corrected chi connectivity index (χ2v) is 5.59. The van der Waals surface area contributed by atoms with E-state index < -0.39 is 5.97 Å². The Morgan fingerprint density at radius 2 is 2.04 bits per heavy atom. The third-order valence-electron chi connectivity index (χ3n) is 3.24. The van der Waals surface area contributed by atoms with Gasteiger partial charge in [-0.25, -0.2) is 9.78 Å². The Morgan fingerprint density at radius 1 is 1.30 bits per heavy atom. The maximum absolute atomic E-state index is 11.0. The van der Waals surface area contributed by atoms with Crippen molar-refractivity contribution in [2.45, 2.75) is 40.2 Å². The molecule has 0 bridgehead atoms. The molecule has 1 heterocycles. The summed E-state index contributed by atoms with van der Waals surface area (Å²) >= 11 is 0. The summed E-state index contributed by atoms with van der Waals surface area (Å²) in [6.07, 6.45) is 7.85. The Balaban J connectivity index is 2.47. The van der Waals surface area contributed by atoms with E-state index in [1.807, 2.05) is 0 Å². The van der Waals surface area contributed by atoms with Crippen LogP contribution in [0.1, 0.15) is 49.7 Å². The normalized spacial score (nSPS) is 11.2. The average Bonchev–Trinajstić information content (AvgIpc) is 2.50. The highest BCUT2D eigenvalue weighted by Crippen LogP contribution is 2.18. The maximum Gasteiger partial charge on any atom is 0.358 e. The highest BCUT2D eigenvalue weighted by atomic mass is 16.5. The second-order valence-electron chi connectivity index (χ2n) is 5.59. The predicted molar refractivity (Wildman–Crippen MR) is 89.8 cm³/mol. The molecule has 23 heavy (non-hydrogen) atoms. The lowest BCUT2D eigenvalue weighted by Crippen LogP contribution is -2.05. The van der Waals surface area contributed by atoms with Crippen LogP contribution in [0, 0.1) is 0 Å². The number of carbonyl (C=O) groups is 1. The quantitative estimate of drug-likeness (QED) is 0.550. The van der Waals surface area contributed by atoms with Gasteiger partial charge in [0.1, 0.15) is 0 Å². The number of aromatic carboxylic acids is 1. The minimum absolute atomic E-state index is 0.0914. The van der Waals surface area contributed by atoms with Gasteiger partial charge in [0.05, 0.1) is 20.3 Å². The van der Waals surface area contributed by atoms with Crippen molar-refractivity contribution in [3.05, 3.63) is 46.8 Å². The number of hydrogen-bond donors (Lipinski definition) is 1. The molecule has 126 valence electrons. The smallest absolute Gasteiger partial charge is 0.358 e. The molecule has 1 N–H and O–H groups in total. The van der Waals surface area contributed by atoms with Crippen molar-refractivity contribution in [3.63, 3.8) is 0 Å². The first kappa shape index (κ1) is 18.9. The zero-order valence-electron chi connectivity index (χ0n) is 14.3. The molecule has 5 nitrogen and oxygen atoms in total. The van der Waals surface area contributed by atoms with Crippen molar-refractivity contribution in [1.29, 1.82) is 0 Å². The van der Waals surface area contributed by atoms with Crippen molar-refractivity contribution >= 4 is 5.97 Å². The van der Waals surface area contributed by atoms with Gasteiger partial charge in [0.15, 0.2) is 11.4 Å². The molecule has 1 aromatic rings. The Morgan fingerprint density at radius 3 is 2.65 bits per heavy atom. The third-order valence-corrected chi connectivity index (χ3v) is 3.24. The van der Waals surface area contributed by atoms with Crippen molar-refractivity contribution in [2.75, 3.05) is 13.7 Å². The van der Waals surface area contributed by atoms with Crippen molar-refractivity contribution < 1.29 is 19.4 Å². The Kier molecular flexibility index (Phi) is 8.05. The van der Waals surface area contributed by atoms with E-state index in [4.69, 9.17) is 14.6 Å². The van der Waals surface area contributed by atoms with Gasteiger partial charge in [-0.15, -0.1) is 0 Å². The van der Waals surface area contributed by atoms with Gasteiger partial charge in [-0.2, -0.15) is 0 Å². The van der Waals surface area contributed by atoms with E-state index in [1.54, 1.807) is 6.07 Å². The fraction of sp³-hybridized carbons (Fsp3) is 0.444. The van der Waals surface area contributed by atoms with Crippen LogP contribution >= 0.6 is 0 Å². The lowest BCUT2D eigenvalue weighted by molar-refractivity contribution is 0.0686.